The highest BCUT2D eigenvalue weighted by Crippen LogP contribution is 2.46. The van der Waals surface area contributed by atoms with Crippen LogP contribution in [0.3, 0.4) is 0 Å². The predicted octanol–water partition coefficient (Wildman–Crippen LogP) is 24.6. The smallest absolute Gasteiger partial charge is 0.255 e. The zero-order valence-electron chi connectivity index (χ0n) is 71.1. The Balaban J connectivity index is 0.000000103. The molecule has 19 heteroatoms. The van der Waals surface area contributed by atoms with Crippen LogP contribution in [0.2, 0.25) is 0 Å². The molecule has 18 nitrogen and oxygen atoms in total. The fraction of sp³-hybridized carbons (Fsp3) is 0.159. The van der Waals surface area contributed by atoms with Crippen LogP contribution in [-0.4, -0.2) is 104 Å². The molecule has 0 atom stereocenters. The van der Waals surface area contributed by atoms with E-state index < -0.39 is 0 Å². The Bertz CT molecular complexity index is 7230. The second-order valence-corrected chi connectivity index (χ2v) is 33.2. The number of amides is 1. The van der Waals surface area contributed by atoms with Gasteiger partial charge in [0.05, 0.1) is 97.8 Å². The monoisotopic (exact) mass is 1650 g/mol. The Kier molecular flexibility index (Phi) is 22.5. The number of fused-ring (bicyclic) bond motifs is 5. The number of halogens is 1. The number of rotatable bonds is 15. The maximum Gasteiger partial charge on any atom is 0.255 e. The molecule has 3 aliphatic carbocycles. The highest BCUT2D eigenvalue weighted by Gasteiger charge is 2.28. The molecule has 3 saturated carbocycles. The second kappa shape index (κ2) is 35.2. The first-order chi connectivity index (χ1) is 61.6. The number of H-pyrrole nitrogens is 2. The Morgan fingerprint density at radius 2 is 0.905 bits per heavy atom. The molecule has 2 N–H and O–H groups in total. The SMILES string of the molecule is CC(C)c1cccc(-c2ncccc2-c2ccc3ncn(C)c3c2)c1.Cc1cc(-c2ncccc2-c2cc(C(=O)N(C)C)c3[nH]ncc3c2)ccc1F.Cn1cnc2cc(-c3cccnc3-c3cccc(C4CC4)c3)ccc21.c1cc(-c2ncccc2-c2ccc3nc[nH]c3c2)cc(C2CC2)c1.c1cc(-c2ncccc2-c2ccc3ncnn3c2)cc(C2CC2)c1. The molecule has 20 aromatic rings. The minimum absolute atomic E-state index is 0.112. The van der Waals surface area contributed by atoms with Gasteiger partial charge in [-0.3, -0.25) is 34.8 Å². The maximum atomic E-state index is 13.7. The summed E-state index contributed by atoms with van der Waals surface area (Å²) in [5.74, 6) is 2.37. The summed E-state index contributed by atoms with van der Waals surface area (Å²) in [4.78, 5) is 58.1. The van der Waals surface area contributed by atoms with Crippen molar-refractivity contribution in [2.75, 3.05) is 14.1 Å². The van der Waals surface area contributed by atoms with E-state index in [-0.39, 0.29) is 11.7 Å². The Labute approximate surface area is 729 Å². The fourth-order valence-electron chi connectivity index (χ4n) is 16.5. The Hall–Kier alpha value is -15.4. The van der Waals surface area contributed by atoms with Crippen molar-refractivity contribution in [1.29, 1.82) is 0 Å². The van der Waals surface area contributed by atoms with Gasteiger partial charge in [-0.1, -0.05) is 135 Å². The number of nitrogens with one attached hydrogen (secondary N) is 2. The Morgan fingerprint density at radius 3 is 1.45 bits per heavy atom. The van der Waals surface area contributed by atoms with Crippen molar-refractivity contribution in [2.24, 2.45) is 14.1 Å². The van der Waals surface area contributed by atoms with Crippen LogP contribution >= 0.6 is 0 Å². The molecule has 11 heterocycles. The summed E-state index contributed by atoms with van der Waals surface area (Å²) in [6.45, 7) is 6.16. The van der Waals surface area contributed by atoms with Crippen molar-refractivity contribution in [3.05, 3.63) is 363 Å². The largest absolute Gasteiger partial charge is 0.345 e. The predicted molar refractivity (Wildman–Crippen MR) is 503 cm³/mol. The number of aryl methyl sites for hydroxylation is 3. The molecule has 9 aromatic carbocycles. The minimum Gasteiger partial charge on any atom is -0.345 e. The van der Waals surface area contributed by atoms with E-state index in [9.17, 15) is 9.18 Å². The number of hydrogen-bond acceptors (Lipinski definition) is 12. The molecule has 23 rings (SSSR count). The summed E-state index contributed by atoms with van der Waals surface area (Å²) in [6.07, 6.45) is 27.8. The van der Waals surface area contributed by atoms with Gasteiger partial charge in [-0.15, -0.1) is 0 Å². The molecular formula is C107H92FN17O. The average molecular weight is 1650 g/mol. The maximum absolute atomic E-state index is 13.7. The van der Waals surface area contributed by atoms with Gasteiger partial charge in [0.25, 0.3) is 5.91 Å². The standard InChI is InChI=1S/C22H19FN4O.C22H19N3.C22H21N3.C21H17N3.C20H16N4/c1-13-9-14(6-7-19(13)23)20-17(5-4-8-24-20)15-10-16-12-25-26-21(16)18(11-15)22(28)27(2)3;1-25-14-24-20-13-17(9-10-21(20)25)19-6-3-11-23-22(19)18-5-2-4-16(12-18)15-7-8-15;1-15(2)16-6-4-7-18(12-16)22-19(8-5-11-23-22)17-9-10-20-21(13-17)25(3)14-24-20;1-3-15(14-6-7-14)11-17(4-1)21-18(5-2-10-22-21)16-8-9-19-20(12-16)24-13-23-19;1-3-15(14-6-7-14)11-16(4-1)20-18(5-2-10-21-20)17-8-9-19-22-13-23-24(19)12-17/h4-12H,1-3H3,(H,25,26);2-6,9-15H,7-8H2,1H3;4-15H,1-3H3;1-5,8-14H,6-7H2,(H,23,24);1-5,8-14H,6-7H2. The summed E-state index contributed by atoms with van der Waals surface area (Å²) >= 11 is 0. The highest BCUT2D eigenvalue weighted by molar-refractivity contribution is 6.07. The van der Waals surface area contributed by atoms with E-state index in [1.165, 1.54) is 88.4 Å². The van der Waals surface area contributed by atoms with Gasteiger partial charge in [0.2, 0.25) is 0 Å². The number of aromatic nitrogens is 16. The molecule has 126 heavy (non-hydrogen) atoms. The first-order valence-corrected chi connectivity index (χ1v) is 42.8. The zero-order chi connectivity index (χ0) is 85.9. The van der Waals surface area contributed by atoms with Crippen LogP contribution in [0.4, 0.5) is 4.39 Å². The number of aromatic amines is 2. The van der Waals surface area contributed by atoms with Crippen molar-refractivity contribution in [2.45, 2.75) is 83.0 Å². The van der Waals surface area contributed by atoms with Crippen molar-refractivity contribution in [1.82, 2.24) is 83.7 Å². The van der Waals surface area contributed by atoms with Gasteiger partial charge >= 0.3 is 0 Å². The van der Waals surface area contributed by atoms with Crippen LogP contribution < -0.4 is 0 Å². The quantitative estimate of drug-likeness (QED) is 0.0983. The van der Waals surface area contributed by atoms with Gasteiger partial charge in [0, 0.05) is 132 Å². The third-order valence-corrected chi connectivity index (χ3v) is 23.8. The number of carbonyl (C=O) groups is 1. The number of nitrogens with zero attached hydrogens (tertiary/aromatic N) is 15. The topological polar surface area (TPSA) is 208 Å². The summed E-state index contributed by atoms with van der Waals surface area (Å²) in [5.41, 5.74) is 35.9. The lowest BCUT2D eigenvalue weighted by molar-refractivity contribution is 0.0829. The minimum atomic E-state index is -0.250. The van der Waals surface area contributed by atoms with Crippen LogP contribution in [-0.2, 0) is 14.1 Å². The summed E-state index contributed by atoms with van der Waals surface area (Å²) in [7, 11) is 7.48. The molecular weight excluding hydrogens is 1560 g/mol. The van der Waals surface area contributed by atoms with E-state index in [2.05, 4.69) is 251 Å². The van der Waals surface area contributed by atoms with E-state index in [1.54, 1.807) is 62.7 Å². The molecule has 0 radical (unpaired) electrons. The summed E-state index contributed by atoms with van der Waals surface area (Å²) in [5, 5.41) is 12.1. The zero-order valence-corrected chi connectivity index (χ0v) is 71.1. The number of benzene rings is 9. The third-order valence-electron chi connectivity index (χ3n) is 23.8. The van der Waals surface area contributed by atoms with Gasteiger partial charge in [0.15, 0.2) is 5.65 Å². The Morgan fingerprint density at radius 1 is 0.429 bits per heavy atom. The fourth-order valence-corrected chi connectivity index (χ4v) is 16.5. The molecule has 0 unspecified atom stereocenters. The average Bonchev–Trinajstić information content (AvgIpc) is 1.37. The number of pyridine rings is 6. The second-order valence-electron chi connectivity index (χ2n) is 33.2. The van der Waals surface area contributed by atoms with Gasteiger partial charge in [-0.25, -0.2) is 28.8 Å². The molecule has 0 spiro atoms. The number of imidazole rings is 3. The van der Waals surface area contributed by atoms with Crippen LogP contribution in [0, 0.1) is 12.7 Å². The lowest BCUT2D eigenvalue weighted by atomic mass is 9.95. The first-order valence-electron chi connectivity index (χ1n) is 42.8. The van der Waals surface area contributed by atoms with Crippen LogP contribution in [0.1, 0.15) is 114 Å². The van der Waals surface area contributed by atoms with Crippen molar-refractivity contribution in [3.63, 3.8) is 0 Å². The van der Waals surface area contributed by atoms with E-state index in [4.69, 9.17) is 9.97 Å². The molecule has 3 fully saturated rings. The number of hydrogen-bond donors (Lipinski definition) is 2. The van der Waals surface area contributed by atoms with Gasteiger partial charge in [-0.05, 0) is 253 Å². The van der Waals surface area contributed by atoms with Gasteiger partial charge < -0.3 is 19.0 Å². The van der Waals surface area contributed by atoms with Crippen molar-refractivity contribution < 1.29 is 9.18 Å². The normalized spacial score (nSPS) is 12.9. The molecule has 0 saturated heterocycles. The molecule has 618 valence electrons. The number of carbonyl (C=O) groups excluding carboxylic acids is 1. The lowest BCUT2D eigenvalue weighted by Gasteiger charge is -2.14. The molecule has 11 aromatic heterocycles. The van der Waals surface area contributed by atoms with E-state index in [0.29, 0.717) is 22.6 Å². The third kappa shape index (κ3) is 17.3. The van der Waals surface area contributed by atoms with E-state index in [0.717, 1.165) is 157 Å². The van der Waals surface area contributed by atoms with E-state index >= 15 is 0 Å². The molecule has 0 bridgehead atoms. The summed E-state index contributed by atoms with van der Waals surface area (Å²) in [6, 6.07) is 87.5. The van der Waals surface area contributed by atoms with Crippen LogP contribution in [0.15, 0.2) is 323 Å². The molecule has 3 aliphatic rings. The van der Waals surface area contributed by atoms with Gasteiger partial charge in [-0.2, -0.15) is 10.2 Å². The molecule has 0 aliphatic heterocycles. The molecule has 1 amide bonds. The van der Waals surface area contributed by atoms with Gasteiger partial charge in [0.1, 0.15) is 12.1 Å². The van der Waals surface area contributed by atoms with Crippen molar-refractivity contribution >= 4 is 55.6 Å². The van der Waals surface area contributed by atoms with E-state index in [1.807, 2.05) is 121 Å². The van der Waals surface area contributed by atoms with Crippen LogP contribution in [0.5, 0.6) is 0 Å². The lowest BCUT2D eigenvalue weighted by Crippen LogP contribution is -2.22. The highest BCUT2D eigenvalue weighted by atomic mass is 19.1. The first kappa shape index (κ1) is 80.4. The van der Waals surface area contributed by atoms with Crippen LogP contribution in [0.25, 0.3) is 162 Å². The van der Waals surface area contributed by atoms with Crippen molar-refractivity contribution in [3.8, 4) is 112 Å². The summed E-state index contributed by atoms with van der Waals surface area (Å²) < 4.78 is 19.6.